The Morgan fingerprint density at radius 1 is 0.962 bits per heavy atom. The van der Waals surface area contributed by atoms with Crippen LogP contribution in [0.1, 0.15) is 10.4 Å². The summed E-state index contributed by atoms with van der Waals surface area (Å²) in [6, 6.07) is 22.9. The van der Waals surface area contributed by atoms with Crippen LogP contribution in [-0.4, -0.2) is 17.3 Å². The van der Waals surface area contributed by atoms with E-state index in [9.17, 15) is 4.79 Å². The highest BCUT2D eigenvalue weighted by atomic mass is 35.5. The third-order valence-electron chi connectivity index (χ3n) is 4.06. The van der Waals surface area contributed by atoms with Crippen LogP contribution in [0.5, 0.6) is 0 Å². The number of ketones is 1. The molecule has 0 fully saturated rings. The van der Waals surface area contributed by atoms with Crippen LogP contribution in [0, 0.1) is 0 Å². The van der Waals surface area contributed by atoms with Crippen molar-refractivity contribution in [2.75, 3.05) is 11.9 Å². The molecule has 0 aliphatic heterocycles. The Hall–Kier alpha value is -2.69. The van der Waals surface area contributed by atoms with Crippen molar-refractivity contribution in [3.05, 3.63) is 83.4 Å². The number of nitrogens with zero attached hydrogens (tertiary/aromatic N) is 1. The van der Waals surface area contributed by atoms with E-state index in [4.69, 9.17) is 16.6 Å². The number of anilines is 1. The van der Waals surface area contributed by atoms with Gasteiger partial charge in [0.2, 0.25) is 0 Å². The lowest BCUT2D eigenvalue weighted by Crippen LogP contribution is -2.14. The molecule has 0 spiro atoms. The van der Waals surface area contributed by atoms with E-state index in [2.05, 4.69) is 11.4 Å². The molecular formula is C21H15ClN2OS. The van der Waals surface area contributed by atoms with E-state index in [1.807, 2.05) is 42.5 Å². The summed E-state index contributed by atoms with van der Waals surface area (Å²) < 4.78 is 1.15. The van der Waals surface area contributed by atoms with Crippen LogP contribution in [0.25, 0.3) is 20.8 Å². The van der Waals surface area contributed by atoms with Crippen LogP contribution in [0.2, 0.25) is 5.02 Å². The first-order valence-corrected chi connectivity index (χ1v) is 9.38. The summed E-state index contributed by atoms with van der Waals surface area (Å²) in [6.07, 6.45) is 0. The highest BCUT2D eigenvalue weighted by Gasteiger charge is 2.12. The minimum absolute atomic E-state index is 0.0146. The van der Waals surface area contributed by atoms with Crippen LogP contribution in [-0.2, 0) is 0 Å². The summed E-state index contributed by atoms with van der Waals surface area (Å²) in [4.78, 5) is 17.1. The number of nitrogens with one attached hydrogen (secondary N) is 1. The van der Waals surface area contributed by atoms with Gasteiger partial charge in [-0.15, -0.1) is 11.3 Å². The van der Waals surface area contributed by atoms with Gasteiger partial charge < -0.3 is 5.32 Å². The second-order valence-corrected chi connectivity index (χ2v) is 7.28. The first kappa shape index (κ1) is 16.8. The molecule has 1 aromatic heterocycles. The monoisotopic (exact) mass is 378 g/mol. The molecule has 3 aromatic carbocycles. The number of carbonyl (C=O) groups excluding carboxylic acids is 1. The molecule has 0 aliphatic carbocycles. The van der Waals surface area contributed by atoms with Gasteiger partial charge in [0.15, 0.2) is 5.78 Å². The minimum Gasteiger partial charge on any atom is -0.377 e. The van der Waals surface area contributed by atoms with Crippen LogP contribution in [0.3, 0.4) is 0 Å². The second kappa shape index (κ2) is 7.28. The Kier molecular flexibility index (Phi) is 4.69. The lowest BCUT2D eigenvalue weighted by atomic mass is 10.1. The number of para-hydroxylation sites is 2. The van der Waals surface area contributed by atoms with Gasteiger partial charge in [0.05, 0.1) is 16.8 Å². The number of hydrogen-bond acceptors (Lipinski definition) is 4. The van der Waals surface area contributed by atoms with E-state index in [-0.39, 0.29) is 12.3 Å². The molecule has 4 rings (SSSR count). The summed E-state index contributed by atoms with van der Waals surface area (Å²) in [5.41, 5.74) is 3.52. The summed E-state index contributed by atoms with van der Waals surface area (Å²) in [5.74, 6) is 0.0146. The highest BCUT2D eigenvalue weighted by molar-refractivity contribution is 7.21. The van der Waals surface area contributed by atoms with Crippen molar-refractivity contribution in [1.29, 1.82) is 0 Å². The largest absolute Gasteiger partial charge is 0.377 e. The van der Waals surface area contributed by atoms with Gasteiger partial charge in [-0.3, -0.25) is 4.79 Å². The van der Waals surface area contributed by atoms with E-state index in [1.54, 1.807) is 35.6 Å². The zero-order chi connectivity index (χ0) is 17.9. The number of hydrogen-bond donors (Lipinski definition) is 1. The molecule has 0 unspecified atom stereocenters. The Morgan fingerprint density at radius 3 is 2.50 bits per heavy atom. The SMILES string of the molecule is O=C(CNc1ccccc1-c1nc2ccccc2s1)c1ccc(Cl)cc1. The van der Waals surface area contributed by atoms with Gasteiger partial charge in [-0.2, -0.15) is 0 Å². The molecule has 0 amide bonds. The first-order chi connectivity index (χ1) is 12.7. The maximum Gasteiger partial charge on any atom is 0.181 e. The molecule has 0 saturated carbocycles. The normalized spacial score (nSPS) is 10.8. The van der Waals surface area contributed by atoms with Gasteiger partial charge in [0.1, 0.15) is 5.01 Å². The van der Waals surface area contributed by atoms with Crippen molar-refractivity contribution in [2.24, 2.45) is 0 Å². The third-order valence-corrected chi connectivity index (χ3v) is 5.38. The molecule has 1 N–H and O–H groups in total. The van der Waals surface area contributed by atoms with Crippen molar-refractivity contribution in [3.8, 4) is 10.6 Å². The standard InChI is InChI=1S/C21H15ClN2OS/c22-15-11-9-14(10-12-15)19(25)13-23-17-6-2-1-5-16(17)21-24-18-7-3-4-8-20(18)26-21/h1-12,23H,13H2. The Labute approximate surface area is 160 Å². The zero-order valence-corrected chi connectivity index (χ0v) is 15.3. The number of halogens is 1. The maximum atomic E-state index is 12.4. The van der Waals surface area contributed by atoms with Gasteiger partial charge >= 0.3 is 0 Å². The van der Waals surface area contributed by atoms with E-state index in [1.165, 1.54) is 0 Å². The molecule has 26 heavy (non-hydrogen) atoms. The van der Waals surface area contributed by atoms with Crippen LogP contribution >= 0.6 is 22.9 Å². The lowest BCUT2D eigenvalue weighted by Gasteiger charge is -2.10. The summed E-state index contributed by atoms with van der Waals surface area (Å²) in [5, 5.41) is 4.81. The van der Waals surface area contributed by atoms with Crippen molar-refractivity contribution < 1.29 is 4.79 Å². The average Bonchev–Trinajstić information content (AvgIpc) is 3.11. The Morgan fingerprint density at radius 2 is 1.69 bits per heavy atom. The van der Waals surface area contributed by atoms with E-state index < -0.39 is 0 Å². The van der Waals surface area contributed by atoms with E-state index >= 15 is 0 Å². The molecule has 4 aromatic rings. The predicted octanol–water partition coefficient (Wildman–Crippen LogP) is 5.91. The number of thiazole rings is 1. The molecule has 0 saturated heterocycles. The number of benzene rings is 3. The van der Waals surface area contributed by atoms with Crippen LogP contribution in [0.15, 0.2) is 72.8 Å². The summed E-state index contributed by atoms with van der Waals surface area (Å²) in [6.45, 7) is 0.212. The molecule has 5 heteroatoms. The fourth-order valence-corrected chi connectivity index (χ4v) is 3.86. The second-order valence-electron chi connectivity index (χ2n) is 5.82. The molecular weight excluding hydrogens is 364 g/mol. The molecule has 1 heterocycles. The van der Waals surface area contributed by atoms with Crippen molar-refractivity contribution in [1.82, 2.24) is 4.98 Å². The quantitative estimate of drug-likeness (QED) is 0.439. The molecule has 0 atom stereocenters. The Balaban J connectivity index is 1.58. The van der Waals surface area contributed by atoms with Gasteiger partial charge in [0.25, 0.3) is 0 Å². The number of fused-ring (bicyclic) bond motifs is 1. The van der Waals surface area contributed by atoms with Crippen LogP contribution < -0.4 is 5.32 Å². The van der Waals surface area contributed by atoms with Gasteiger partial charge in [-0.1, -0.05) is 35.9 Å². The summed E-state index contributed by atoms with van der Waals surface area (Å²) >= 11 is 7.52. The van der Waals surface area contributed by atoms with Crippen molar-refractivity contribution >= 4 is 44.6 Å². The maximum absolute atomic E-state index is 12.4. The Bertz CT molecular complexity index is 1040. The van der Waals surface area contributed by atoms with Crippen molar-refractivity contribution in [2.45, 2.75) is 0 Å². The fourth-order valence-electron chi connectivity index (χ4n) is 2.72. The van der Waals surface area contributed by atoms with Crippen molar-refractivity contribution in [3.63, 3.8) is 0 Å². The predicted molar refractivity (Wildman–Crippen MR) is 109 cm³/mol. The molecule has 0 radical (unpaired) electrons. The van der Waals surface area contributed by atoms with Crippen LogP contribution in [0.4, 0.5) is 5.69 Å². The lowest BCUT2D eigenvalue weighted by molar-refractivity contribution is 0.101. The molecule has 0 aliphatic rings. The number of Topliss-reactive ketones (excluding diaryl/α,β-unsaturated/α-hetero) is 1. The smallest absolute Gasteiger partial charge is 0.181 e. The molecule has 128 valence electrons. The molecule has 0 bridgehead atoms. The van der Waals surface area contributed by atoms with E-state index in [0.717, 1.165) is 26.5 Å². The van der Waals surface area contributed by atoms with E-state index in [0.29, 0.717) is 10.6 Å². The topological polar surface area (TPSA) is 42.0 Å². The highest BCUT2D eigenvalue weighted by Crippen LogP contribution is 2.34. The third kappa shape index (κ3) is 3.47. The summed E-state index contributed by atoms with van der Waals surface area (Å²) in [7, 11) is 0. The van der Waals surface area contributed by atoms with Gasteiger partial charge in [-0.05, 0) is 48.5 Å². The molecule has 3 nitrogen and oxygen atoms in total. The number of rotatable bonds is 5. The first-order valence-electron chi connectivity index (χ1n) is 8.18. The minimum atomic E-state index is 0.0146. The fraction of sp³-hybridized carbons (Fsp3) is 0.0476. The number of aromatic nitrogens is 1. The van der Waals surface area contributed by atoms with Gasteiger partial charge in [0, 0.05) is 21.8 Å². The number of carbonyl (C=O) groups is 1. The average molecular weight is 379 g/mol. The zero-order valence-electron chi connectivity index (χ0n) is 13.8. The van der Waals surface area contributed by atoms with Gasteiger partial charge in [-0.25, -0.2) is 4.98 Å².